The molecule has 0 unspecified atom stereocenters. The fourth-order valence-electron chi connectivity index (χ4n) is 1.94. The van der Waals surface area contributed by atoms with E-state index in [9.17, 15) is 14.9 Å². The number of nitro groups is 1. The van der Waals surface area contributed by atoms with Crippen LogP contribution in [-0.2, 0) is 0 Å². The van der Waals surface area contributed by atoms with Crippen LogP contribution in [0.5, 0.6) is 0 Å². The van der Waals surface area contributed by atoms with Crippen molar-refractivity contribution in [1.29, 1.82) is 0 Å². The summed E-state index contributed by atoms with van der Waals surface area (Å²) in [6.07, 6.45) is 2.10. The second-order valence-electron chi connectivity index (χ2n) is 4.71. The lowest BCUT2D eigenvalue weighted by atomic mass is 10.0. The largest absolute Gasteiger partial charge is 0.360 e. The Kier molecular flexibility index (Phi) is 3.14. The summed E-state index contributed by atoms with van der Waals surface area (Å²) in [4.78, 5) is 25.1. The van der Waals surface area contributed by atoms with Gasteiger partial charge in [-0.1, -0.05) is 13.8 Å². The highest BCUT2D eigenvalue weighted by molar-refractivity contribution is 6.08. The third-order valence-corrected chi connectivity index (χ3v) is 2.77. The number of non-ortho nitro benzene ring substituents is 1. The van der Waals surface area contributed by atoms with Crippen molar-refractivity contribution in [3.63, 3.8) is 0 Å². The van der Waals surface area contributed by atoms with Crippen LogP contribution in [0.15, 0.2) is 24.4 Å². The Balaban J connectivity index is 2.43. The number of aromatic nitrogens is 1. The zero-order chi connectivity index (χ0) is 13.3. The number of hydrogen-bond donors (Lipinski definition) is 1. The van der Waals surface area contributed by atoms with E-state index in [0.29, 0.717) is 23.4 Å². The minimum absolute atomic E-state index is 0.0206. The lowest BCUT2D eigenvalue weighted by Crippen LogP contribution is -2.02. The van der Waals surface area contributed by atoms with E-state index in [1.54, 1.807) is 12.3 Å². The molecule has 1 aromatic heterocycles. The van der Waals surface area contributed by atoms with Gasteiger partial charge in [0.2, 0.25) is 0 Å². The van der Waals surface area contributed by atoms with Crippen LogP contribution in [0.1, 0.15) is 30.6 Å². The van der Waals surface area contributed by atoms with Crippen molar-refractivity contribution in [3.05, 3.63) is 40.1 Å². The highest BCUT2D eigenvalue weighted by Gasteiger charge is 2.15. The van der Waals surface area contributed by atoms with Crippen molar-refractivity contribution in [2.75, 3.05) is 0 Å². The first-order chi connectivity index (χ1) is 8.49. The summed E-state index contributed by atoms with van der Waals surface area (Å²) in [5.74, 6) is 0.352. The third kappa shape index (κ3) is 2.25. The molecule has 2 rings (SSSR count). The molecule has 0 aliphatic heterocycles. The number of H-pyrrole nitrogens is 1. The van der Waals surface area contributed by atoms with Gasteiger partial charge in [-0.05, 0) is 12.0 Å². The van der Waals surface area contributed by atoms with Gasteiger partial charge in [-0.25, -0.2) is 0 Å². The summed E-state index contributed by atoms with van der Waals surface area (Å²) in [5.41, 5.74) is 1.25. The Morgan fingerprint density at radius 1 is 1.44 bits per heavy atom. The molecule has 0 spiro atoms. The minimum Gasteiger partial charge on any atom is -0.360 e. The molecule has 0 aliphatic rings. The Morgan fingerprint density at radius 2 is 2.17 bits per heavy atom. The number of nitrogens with zero attached hydrogens (tertiary/aromatic N) is 1. The Bertz CT molecular complexity index is 614. The summed E-state index contributed by atoms with van der Waals surface area (Å²) in [7, 11) is 0. The monoisotopic (exact) mass is 246 g/mol. The van der Waals surface area contributed by atoms with Crippen LogP contribution in [0.2, 0.25) is 0 Å². The number of fused-ring (bicyclic) bond motifs is 1. The molecular formula is C13H14N2O3. The number of nitrogens with one attached hydrogen (secondary N) is 1. The van der Waals surface area contributed by atoms with Crippen LogP contribution in [-0.4, -0.2) is 15.7 Å². The number of carbonyl (C=O) groups is 1. The van der Waals surface area contributed by atoms with Gasteiger partial charge in [0.05, 0.1) is 10.4 Å². The fourth-order valence-corrected chi connectivity index (χ4v) is 1.94. The van der Waals surface area contributed by atoms with Crippen LogP contribution in [0, 0.1) is 16.0 Å². The van der Waals surface area contributed by atoms with Crippen molar-refractivity contribution in [3.8, 4) is 0 Å². The molecule has 0 fully saturated rings. The number of aromatic amines is 1. The number of ketones is 1. The Morgan fingerprint density at radius 3 is 2.78 bits per heavy atom. The molecule has 18 heavy (non-hydrogen) atoms. The fraction of sp³-hybridized carbons (Fsp3) is 0.308. The maximum Gasteiger partial charge on any atom is 0.271 e. The summed E-state index contributed by atoms with van der Waals surface area (Å²) >= 11 is 0. The van der Waals surface area contributed by atoms with Gasteiger partial charge >= 0.3 is 0 Å². The predicted molar refractivity (Wildman–Crippen MR) is 68.7 cm³/mol. The zero-order valence-electron chi connectivity index (χ0n) is 10.3. The number of hydrogen-bond acceptors (Lipinski definition) is 3. The third-order valence-electron chi connectivity index (χ3n) is 2.77. The van der Waals surface area contributed by atoms with Crippen molar-refractivity contribution in [1.82, 2.24) is 4.98 Å². The molecule has 1 heterocycles. The van der Waals surface area contributed by atoms with E-state index in [1.165, 1.54) is 12.1 Å². The average molecular weight is 246 g/mol. The molecule has 0 bridgehead atoms. The van der Waals surface area contributed by atoms with Crippen LogP contribution in [0.4, 0.5) is 5.69 Å². The number of nitro benzene ring substituents is 1. The number of rotatable bonds is 4. The molecule has 0 saturated carbocycles. The second-order valence-corrected chi connectivity index (χ2v) is 4.71. The molecule has 1 N–H and O–H groups in total. The maximum atomic E-state index is 12.0. The molecule has 1 aromatic carbocycles. The van der Waals surface area contributed by atoms with E-state index < -0.39 is 4.92 Å². The van der Waals surface area contributed by atoms with E-state index in [4.69, 9.17) is 0 Å². The highest BCUT2D eigenvalue weighted by atomic mass is 16.6. The smallest absolute Gasteiger partial charge is 0.271 e. The van der Waals surface area contributed by atoms with E-state index >= 15 is 0 Å². The van der Waals surface area contributed by atoms with E-state index in [0.717, 1.165) is 5.39 Å². The topological polar surface area (TPSA) is 76.0 Å². The summed E-state index contributed by atoms with van der Waals surface area (Å²) in [5, 5.41) is 11.4. The minimum atomic E-state index is -0.449. The molecule has 2 aromatic rings. The lowest BCUT2D eigenvalue weighted by Gasteiger charge is -2.02. The molecule has 5 heteroatoms. The van der Waals surface area contributed by atoms with Crippen molar-refractivity contribution in [2.45, 2.75) is 20.3 Å². The molecule has 0 radical (unpaired) electrons. The molecule has 0 saturated heterocycles. The van der Waals surface area contributed by atoms with E-state index in [1.807, 2.05) is 13.8 Å². The van der Waals surface area contributed by atoms with Crippen molar-refractivity contribution < 1.29 is 9.72 Å². The molecule has 0 aliphatic carbocycles. The number of carbonyl (C=O) groups excluding carboxylic acids is 1. The first kappa shape index (κ1) is 12.3. The standard InChI is InChI=1S/C13H14N2O3/c1-8(2)5-13(16)11-7-14-12-6-9(15(17)18)3-4-10(11)12/h3-4,6-8,14H,5H2,1-2H3. The molecule has 5 nitrogen and oxygen atoms in total. The highest BCUT2D eigenvalue weighted by Crippen LogP contribution is 2.24. The SMILES string of the molecule is CC(C)CC(=O)c1c[nH]c2cc([N+](=O)[O-])ccc12. The predicted octanol–water partition coefficient (Wildman–Crippen LogP) is 3.30. The van der Waals surface area contributed by atoms with Gasteiger partial charge in [-0.3, -0.25) is 14.9 Å². The Labute approximate surface area is 104 Å². The summed E-state index contributed by atoms with van der Waals surface area (Å²) < 4.78 is 0. The van der Waals surface area contributed by atoms with Crippen LogP contribution >= 0.6 is 0 Å². The van der Waals surface area contributed by atoms with Gasteiger partial charge < -0.3 is 4.98 Å². The van der Waals surface area contributed by atoms with Crippen LogP contribution in [0.3, 0.4) is 0 Å². The van der Waals surface area contributed by atoms with Gasteiger partial charge in [-0.15, -0.1) is 0 Å². The quantitative estimate of drug-likeness (QED) is 0.510. The second kappa shape index (κ2) is 4.60. The van der Waals surface area contributed by atoms with Crippen LogP contribution in [0.25, 0.3) is 10.9 Å². The average Bonchev–Trinajstić information content (AvgIpc) is 2.70. The zero-order valence-corrected chi connectivity index (χ0v) is 10.3. The lowest BCUT2D eigenvalue weighted by molar-refractivity contribution is -0.384. The summed E-state index contributed by atoms with van der Waals surface area (Å²) in [6.45, 7) is 3.97. The van der Waals surface area contributed by atoms with E-state index in [-0.39, 0.29) is 11.5 Å². The molecular weight excluding hydrogens is 232 g/mol. The van der Waals surface area contributed by atoms with Gasteiger partial charge in [0.1, 0.15) is 0 Å². The van der Waals surface area contributed by atoms with Gasteiger partial charge in [0.25, 0.3) is 5.69 Å². The summed E-state index contributed by atoms with van der Waals surface area (Å²) in [6, 6.07) is 4.49. The van der Waals surface area contributed by atoms with Gasteiger partial charge in [0, 0.05) is 35.7 Å². The van der Waals surface area contributed by atoms with Gasteiger partial charge in [-0.2, -0.15) is 0 Å². The molecule has 94 valence electrons. The number of Topliss-reactive ketones (excluding diaryl/α,β-unsaturated/α-hetero) is 1. The van der Waals surface area contributed by atoms with Crippen molar-refractivity contribution >= 4 is 22.4 Å². The first-order valence-corrected chi connectivity index (χ1v) is 5.77. The van der Waals surface area contributed by atoms with E-state index in [2.05, 4.69) is 4.98 Å². The van der Waals surface area contributed by atoms with Crippen molar-refractivity contribution in [2.24, 2.45) is 5.92 Å². The molecule has 0 atom stereocenters. The maximum absolute atomic E-state index is 12.0. The van der Waals surface area contributed by atoms with Gasteiger partial charge in [0.15, 0.2) is 5.78 Å². The first-order valence-electron chi connectivity index (χ1n) is 5.77. The Hall–Kier alpha value is -2.17. The number of benzene rings is 1. The molecule has 0 amide bonds. The normalized spacial score (nSPS) is 11.1. The van der Waals surface area contributed by atoms with Crippen LogP contribution < -0.4 is 0 Å².